The van der Waals surface area contributed by atoms with Gasteiger partial charge in [-0.05, 0) is 58.2 Å². The SMILES string of the molecule is Cc1ccsc1CN(C)[C@H]1CCN(C(C)(C)C)C1=O. The van der Waals surface area contributed by atoms with Gasteiger partial charge >= 0.3 is 0 Å². The molecule has 1 saturated heterocycles. The average Bonchev–Trinajstić information content (AvgIpc) is 2.85. The Hall–Kier alpha value is -0.870. The number of amides is 1. The van der Waals surface area contributed by atoms with E-state index >= 15 is 0 Å². The molecule has 0 N–H and O–H groups in total. The minimum atomic E-state index is -0.0640. The summed E-state index contributed by atoms with van der Waals surface area (Å²) in [5.74, 6) is 0.282. The van der Waals surface area contributed by atoms with Crippen LogP contribution in [-0.4, -0.2) is 40.9 Å². The third kappa shape index (κ3) is 3.00. The number of rotatable bonds is 3. The van der Waals surface area contributed by atoms with E-state index in [1.807, 2.05) is 4.90 Å². The fraction of sp³-hybridized carbons (Fsp3) is 0.667. The third-order valence-corrected chi connectivity index (χ3v) is 4.89. The van der Waals surface area contributed by atoms with E-state index in [0.717, 1.165) is 19.5 Å². The monoisotopic (exact) mass is 280 g/mol. The normalized spacial score (nSPS) is 20.6. The Morgan fingerprint density at radius 3 is 2.63 bits per heavy atom. The summed E-state index contributed by atoms with van der Waals surface area (Å²) in [6, 6.07) is 2.19. The van der Waals surface area contributed by atoms with E-state index in [2.05, 4.69) is 51.1 Å². The second-order valence-electron chi connectivity index (χ2n) is 6.41. The summed E-state index contributed by atoms with van der Waals surface area (Å²) in [6.07, 6.45) is 0.941. The number of hydrogen-bond donors (Lipinski definition) is 0. The summed E-state index contributed by atoms with van der Waals surface area (Å²) >= 11 is 1.78. The lowest BCUT2D eigenvalue weighted by molar-refractivity contribution is -0.135. The maximum Gasteiger partial charge on any atom is 0.240 e. The minimum Gasteiger partial charge on any atom is -0.336 e. The average molecular weight is 280 g/mol. The fourth-order valence-corrected chi connectivity index (χ4v) is 3.61. The highest BCUT2D eigenvalue weighted by atomic mass is 32.1. The van der Waals surface area contributed by atoms with E-state index in [4.69, 9.17) is 0 Å². The van der Waals surface area contributed by atoms with Crippen LogP contribution in [0.5, 0.6) is 0 Å². The van der Waals surface area contributed by atoms with Gasteiger partial charge in [-0.25, -0.2) is 0 Å². The minimum absolute atomic E-state index is 0.0423. The molecule has 0 radical (unpaired) electrons. The van der Waals surface area contributed by atoms with Crippen LogP contribution >= 0.6 is 11.3 Å². The van der Waals surface area contributed by atoms with Crippen LogP contribution < -0.4 is 0 Å². The van der Waals surface area contributed by atoms with Gasteiger partial charge in [-0.15, -0.1) is 11.3 Å². The Labute approximate surface area is 120 Å². The molecule has 1 atom stereocenters. The second kappa shape index (κ2) is 5.25. The van der Waals surface area contributed by atoms with Crippen LogP contribution in [0.3, 0.4) is 0 Å². The summed E-state index contributed by atoms with van der Waals surface area (Å²) in [6.45, 7) is 10.2. The molecule has 19 heavy (non-hydrogen) atoms. The third-order valence-electron chi connectivity index (χ3n) is 3.88. The Morgan fingerprint density at radius 2 is 2.16 bits per heavy atom. The summed E-state index contributed by atoms with van der Waals surface area (Å²) in [4.78, 5) is 18.1. The van der Waals surface area contributed by atoms with Crippen molar-refractivity contribution in [2.75, 3.05) is 13.6 Å². The zero-order valence-electron chi connectivity index (χ0n) is 12.6. The first-order chi connectivity index (χ1) is 8.80. The Balaban J connectivity index is 2.04. The number of likely N-dealkylation sites (N-methyl/N-ethyl adjacent to an activating group) is 1. The van der Waals surface area contributed by atoms with E-state index in [1.165, 1.54) is 10.4 Å². The topological polar surface area (TPSA) is 23.6 Å². The molecule has 1 aliphatic rings. The molecule has 0 aliphatic carbocycles. The van der Waals surface area contributed by atoms with Crippen molar-refractivity contribution >= 4 is 17.2 Å². The molecule has 1 aromatic rings. The Morgan fingerprint density at radius 1 is 1.47 bits per heavy atom. The predicted molar refractivity (Wildman–Crippen MR) is 80.4 cm³/mol. The highest BCUT2D eigenvalue weighted by molar-refractivity contribution is 7.10. The van der Waals surface area contributed by atoms with Crippen molar-refractivity contribution in [2.24, 2.45) is 0 Å². The summed E-state index contributed by atoms with van der Waals surface area (Å²) in [7, 11) is 2.06. The molecule has 106 valence electrons. The quantitative estimate of drug-likeness (QED) is 0.850. The second-order valence-corrected chi connectivity index (χ2v) is 7.41. The number of carbonyl (C=O) groups is 1. The van der Waals surface area contributed by atoms with Crippen molar-refractivity contribution in [3.8, 4) is 0 Å². The zero-order chi connectivity index (χ0) is 14.2. The van der Waals surface area contributed by atoms with Crippen LogP contribution in [-0.2, 0) is 11.3 Å². The van der Waals surface area contributed by atoms with Gasteiger partial charge in [-0.1, -0.05) is 0 Å². The van der Waals surface area contributed by atoms with E-state index in [-0.39, 0.29) is 17.5 Å². The van der Waals surface area contributed by atoms with E-state index in [0.29, 0.717) is 0 Å². The number of nitrogens with zero attached hydrogens (tertiary/aromatic N) is 2. The number of hydrogen-bond acceptors (Lipinski definition) is 3. The highest BCUT2D eigenvalue weighted by Crippen LogP contribution is 2.26. The molecule has 0 unspecified atom stereocenters. The van der Waals surface area contributed by atoms with E-state index in [9.17, 15) is 4.79 Å². The molecule has 3 nitrogen and oxygen atoms in total. The molecule has 2 heterocycles. The van der Waals surface area contributed by atoms with Gasteiger partial charge in [0.15, 0.2) is 0 Å². The zero-order valence-corrected chi connectivity index (χ0v) is 13.4. The molecular formula is C15H24N2OS. The molecule has 1 aliphatic heterocycles. The van der Waals surface area contributed by atoms with Crippen molar-refractivity contribution in [3.05, 3.63) is 21.9 Å². The lowest BCUT2D eigenvalue weighted by atomic mass is 10.1. The van der Waals surface area contributed by atoms with Crippen LogP contribution in [0.15, 0.2) is 11.4 Å². The molecule has 2 rings (SSSR count). The van der Waals surface area contributed by atoms with Gasteiger partial charge in [0.25, 0.3) is 0 Å². The predicted octanol–water partition coefficient (Wildman–Crippen LogP) is 2.89. The number of thiophene rings is 1. The maximum absolute atomic E-state index is 12.5. The van der Waals surface area contributed by atoms with Crippen LogP contribution in [0.2, 0.25) is 0 Å². The van der Waals surface area contributed by atoms with Crippen molar-refractivity contribution in [1.29, 1.82) is 0 Å². The molecule has 0 bridgehead atoms. The van der Waals surface area contributed by atoms with E-state index < -0.39 is 0 Å². The lowest BCUT2D eigenvalue weighted by Gasteiger charge is -2.33. The van der Waals surface area contributed by atoms with Gasteiger partial charge < -0.3 is 4.90 Å². The van der Waals surface area contributed by atoms with E-state index in [1.54, 1.807) is 11.3 Å². The first-order valence-electron chi connectivity index (χ1n) is 6.85. The Kier molecular flexibility index (Phi) is 4.02. The molecule has 0 aromatic carbocycles. The van der Waals surface area contributed by atoms with Gasteiger partial charge in [0.05, 0.1) is 6.04 Å². The van der Waals surface area contributed by atoms with Gasteiger partial charge in [-0.2, -0.15) is 0 Å². The number of likely N-dealkylation sites (tertiary alicyclic amines) is 1. The fourth-order valence-electron chi connectivity index (χ4n) is 2.64. The number of carbonyl (C=O) groups excluding carboxylic acids is 1. The standard InChI is InChI=1S/C15H24N2OS/c1-11-7-9-19-13(11)10-16(5)12-6-8-17(14(12)18)15(2,3)4/h7,9,12H,6,8,10H2,1-5H3/t12-/m0/s1. The van der Waals surface area contributed by atoms with Gasteiger partial charge in [0.1, 0.15) is 0 Å². The van der Waals surface area contributed by atoms with Crippen molar-refractivity contribution in [2.45, 2.75) is 52.2 Å². The number of aryl methyl sites for hydroxylation is 1. The molecule has 1 amide bonds. The summed E-state index contributed by atoms with van der Waals surface area (Å²) in [5, 5.41) is 2.12. The first-order valence-corrected chi connectivity index (χ1v) is 7.73. The smallest absolute Gasteiger partial charge is 0.240 e. The Bertz CT molecular complexity index is 461. The maximum atomic E-state index is 12.5. The molecule has 0 saturated carbocycles. The van der Waals surface area contributed by atoms with Crippen LogP contribution in [0.1, 0.15) is 37.6 Å². The molecule has 1 aromatic heterocycles. The summed E-state index contributed by atoms with van der Waals surface area (Å²) in [5.41, 5.74) is 1.26. The lowest BCUT2D eigenvalue weighted by Crippen LogP contribution is -2.46. The van der Waals surface area contributed by atoms with Crippen molar-refractivity contribution in [3.63, 3.8) is 0 Å². The van der Waals surface area contributed by atoms with Crippen molar-refractivity contribution in [1.82, 2.24) is 9.80 Å². The van der Waals surface area contributed by atoms with Crippen LogP contribution in [0.25, 0.3) is 0 Å². The van der Waals surface area contributed by atoms with Gasteiger partial charge in [0, 0.05) is 23.5 Å². The van der Waals surface area contributed by atoms with Gasteiger partial charge in [-0.3, -0.25) is 9.69 Å². The molecule has 0 spiro atoms. The first kappa shape index (κ1) is 14.5. The van der Waals surface area contributed by atoms with Crippen molar-refractivity contribution < 1.29 is 4.79 Å². The highest BCUT2D eigenvalue weighted by Gasteiger charge is 2.39. The largest absolute Gasteiger partial charge is 0.336 e. The van der Waals surface area contributed by atoms with Gasteiger partial charge in [0.2, 0.25) is 5.91 Å². The van der Waals surface area contributed by atoms with Crippen LogP contribution in [0.4, 0.5) is 0 Å². The molecule has 4 heteroatoms. The molecule has 1 fully saturated rings. The summed E-state index contributed by atoms with van der Waals surface area (Å²) < 4.78 is 0. The molecular weight excluding hydrogens is 256 g/mol. The van der Waals surface area contributed by atoms with Crippen LogP contribution in [0, 0.1) is 6.92 Å².